The Hall–Kier alpha value is -0.620. The molecule has 4 nitrogen and oxygen atoms in total. The molecule has 0 atom stereocenters. The highest BCUT2D eigenvalue weighted by atomic mass is 35.5. The molecule has 0 aliphatic carbocycles. The van der Waals surface area contributed by atoms with Crippen molar-refractivity contribution >= 4 is 21.6 Å². The van der Waals surface area contributed by atoms with E-state index in [0.29, 0.717) is 11.6 Å². The van der Waals surface area contributed by atoms with Gasteiger partial charge in [-0.05, 0) is 37.6 Å². The van der Waals surface area contributed by atoms with Gasteiger partial charge >= 0.3 is 0 Å². The predicted octanol–water partition coefficient (Wildman–Crippen LogP) is 2.53. The minimum atomic E-state index is -3.49. The molecule has 0 aliphatic rings. The van der Waals surface area contributed by atoms with Gasteiger partial charge in [0.25, 0.3) is 0 Å². The first-order valence-electron chi connectivity index (χ1n) is 6.40. The summed E-state index contributed by atoms with van der Waals surface area (Å²) in [6, 6.07) is 4.78. The van der Waals surface area contributed by atoms with E-state index in [1.54, 1.807) is 12.1 Å². The van der Waals surface area contributed by atoms with Crippen molar-refractivity contribution in [3.63, 3.8) is 0 Å². The monoisotopic (exact) mass is 304 g/mol. The van der Waals surface area contributed by atoms with E-state index in [9.17, 15) is 8.42 Å². The Bertz CT molecular complexity index is 513. The van der Waals surface area contributed by atoms with Crippen LogP contribution in [0.15, 0.2) is 23.1 Å². The van der Waals surface area contributed by atoms with Crippen molar-refractivity contribution in [3.05, 3.63) is 28.8 Å². The lowest BCUT2D eigenvalue weighted by molar-refractivity contribution is 0.530. The van der Waals surface area contributed by atoms with Crippen molar-refractivity contribution in [1.82, 2.24) is 10.0 Å². The van der Waals surface area contributed by atoms with Gasteiger partial charge in [0.15, 0.2) is 0 Å². The van der Waals surface area contributed by atoms with Gasteiger partial charge in [0, 0.05) is 17.6 Å². The Balaban J connectivity index is 2.99. The fourth-order valence-electron chi connectivity index (χ4n) is 1.77. The maximum atomic E-state index is 12.2. The number of benzene rings is 1. The van der Waals surface area contributed by atoms with Crippen LogP contribution in [0, 0.1) is 0 Å². The maximum Gasteiger partial charge on any atom is 0.240 e. The maximum absolute atomic E-state index is 12.2. The molecule has 0 saturated carbocycles. The molecule has 2 N–H and O–H groups in total. The van der Waals surface area contributed by atoms with Crippen molar-refractivity contribution in [1.29, 1.82) is 0 Å². The molecule has 0 spiro atoms. The predicted molar refractivity (Wildman–Crippen MR) is 78.9 cm³/mol. The fraction of sp³-hybridized carbons (Fsp3) is 0.538. The van der Waals surface area contributed by atoms with Crippen molar-refractivity contribution < 1.29 is 8.42 Å². The molecule has 1 aromatic carbocycles. The highest BCUT2D eigenvalue weighted by molar-refractivity contribution is 7.89. The Labute approximate surface area is 120 Å². The summed E-state index contributed by atoms with van der Waals surface area (Å²) in [5.41, 5.74) is 0.880. The van der Waals surface area contributed by atoms with Gasteiger partial charge in [-0.3, -0.25) is 0 Å². The third-order valence-corrected chi connectivity index (χ3v) is 4.88. The standard InChI is InChI=1S/C13H21ClN2O2S/c1-4-11(5-2)16-19(17,18)12-7-6-10(9-15-3)13(14)8-12/h6-8,11,15-16H,4-5,9H2,1-3H3. The summed E-state index contributed by atoms with van der Waals surface area (Å²) in [6.45, 7) is 4.53. The Morgan fingerprint density at radius 3 is 2.37 bits per heavy atom. The van der Waals surface area contributed by atoms with Crippen LogP contribution in [0.4, 0.5) is 0 Å². The molecule has 1 rings (SSSR count). The van der Waals surface area contributed by atoms with Crippen molar-refractivity contribution in [2.75, 3.05) is 7.05 Å². The third-order valence-electron chi connectivity index (χ3n) is 3.01. The zero-order valence-electron chi connectivity index (χ0n) is 11.5. The number of nitrogens with one attached hydrogen (secondary N) is 2. The summed E-state index contributed by atoms with van der Waals surface area (Å²) in [5, 5.41) is 3.44. The van der Waals surface area contributed by atoms with Gasteiger partial charge in [0.1, 0.15) is 0 Å². The van der Waals surface area contributed by atoms with Crippen LogP contribution < -0.4 is 10.0 Å². The number of rotatable bonds is 7. The summed E-state index contributed by atoms with van der Waals surface area (Å²) in [6.07, 6.45) is 1.53. The number of hydrogen-bond acceptors (Lipinski definition) is 3. The van der Waals surface area contributed by atoms with Crippen LogP contribution in [0.3, 0.4) is 0 Å². The average molecular weight is 305 g/mol. The van der Waals surface area contributed by atoms with Crippen molar-refractivity contribution in [2.24, 2.45) is 0 Å². The molecule has 0 aromatic heterocycles. The van der Waals surface area contributed by atoms with Crippen molar-refractivity contribution in [3.8, 4) is 0 Å². The smallest absolute Gasteiger partial charge is 0.240 e. The number of sulfonamides is 1. The van der Waals surface area contributed by atoms with E-state index in [-0.39, 0.29) is 10.9 Å². The zero-order chi connectivity index (χ0) is 14.5. The van der Waals surface area contributed by atoms with Crippen LogP contribution >= 0.6 is 11.6 Å². The SMILES string of the molecule is CCC(CC)NS(=O)(=O)c1ccc(CNC)c(Cl)c1. The fourth-order valence-corrected chi connectivity index (χ4v) is 3.51. The van der Waals surface area contributed by atoms with Gasteiger partial charge in [0.05, 0.1) is 4.90 Å². The lowest BCUT2D eigenvalue weighted by Gasteiger charge is -2.15. The summed E-state index contributed by atoms with van der Waals surface area (Å²) < 4.78 is 27.1. The third kappa shape index (κ3) is 4.45. The molecular weight excluding hydrogens is 284 g/mol. The van der Waals surface area contributed by atoms with Gasteiger partial charge in [0.2, 0.25) is 10.0 Å². The molecule has 1 aromatic rings. The van der Waals surface area contributed by atoms with E-state index < -0.39 is 10.0 Å². The van der Waals surface area contributed by atoms with Gasteiger partial charge < -0.3 is 5.32 Å². The molecule has 19 heavy (non-hydrogen) atoms. The van der Waals surface area contributed by atoms with Crippen LogP contribution in [0.1, 0.15) is 32.3 Å². The average Bonchev–Trinajstić information content (AvgIpc) is 2.38. The normalized spacial score (nSPS) is 12.1. The van der Waals surface area contributed by atoms with Gasteiger partial charge in [-0.25, -0.2) is 13.1 Å². The summed E-state index contributed by atoms with van der Waals surface area (Å²) >= 11 is 6.09. The second kappa shape index (κ2) is 7.24. The molecule has 0 bridgehead atoms. The molecular formula is C13H21ClN2O2S. The van der Waals surface area contributed by atoms with E-state index in [0.717, 1.165) is 18.4 Å². The molecule has 0 radical (unpaired) electrons. The number of halogens is 1. The van der Waals surface area contributed by atoms with E-state index >= 15 is 0 Å². The first kappa shape index (κ1) is 16.4. The zero-order valence-corrected chi connectivity index (χ0v) is 13.1. The van der Waals surface area contributed by atoms with E-state index in [1.165, 1.54) is 6.07 Å². The van der Waals surface area contributed by atoms with Gasteiger partial charge in [-0.15, -0.1) is 0 Å². The second-order valence-corrected chi connectivity index (χ2v) is 6.54. The minimum Gasteiger partial charge on any atom is -0.316 e. The summed E-state index contributed by atoms with van der Waals surface area (Å²) in [5.74, 6) is 0. The molecule has 0 aliphatic heterocycles. The second-order valence-electron chi connectivity index (χ2n) is 4.42. The van der Waals surface area contributed by atoms with E-state index in [1.807, 2.05) is 20.9 Å². The summed E-state index contributed by atoms with van der Waals surface area (Å²) in [4.78, 5) is 0.212. The van der Waals surface area contributed by atoms with Crippen LogP contribution in [-0.2, 0) is 16.6 Å². The molecule has 0 unspecified atom stereocenters. The molecule has 0 heterocycles. The van der Waals surface area contributed by atoms with E-state index in [2.05, 4.69) is 10.0 Å². The lowest BCUT2D eigenvalue weighted by Crippen LogP contribution is -2.33. The Kier molecular flexibility index (Phi) is 6.26. The van der Waals surface area contributed by atoms with Gasteiger partial charge in [-0.1, -0.05) is 31.5 Å². The molecule has 108 valence electrons. The Morgan fingerprint density at radius 1 is 1.26 bits per heavy atom. The highest BCUT2D eigenvalue weighted by Crippen LogP contribution is 2.21. The lowest BCUT2D eigenvalue weighted by atomic mass is 10.2. The largest absolute Gasteiger partial charge is 0.316 e. The van der Waals surface area contributed by atoms with Crippen LogP contribution in [0.25, 0.3) is 0 Å². The van der Waals surface area contributed by atoms with Crippen LogP contribution in [-0.4, -0.2) is 21.5 Å². The molecule has 0 amide bonds. The molecule has 0 saturated heterocycles. The Morgan fingerprint density at radius 2 is 1.89 bits per heavy atom. The molecule has 6 heteroatoms. The van der Waals surface area contributed by atoms with Gasteiger partial charge in [-0.2, -0.15) is 0 Å². The minimum absolute atomic E-state index is 0.0410. The first-order valence-corrected chi connectivity index (χ1v) is 8.26. The van der Waals surface area contributed by atoms with Crippen LogP contribution in [0.2, 0.25) is 5.02 Å². The highest BCUT2D eigenvalue weighted by Gasteiger charge is 2.18. The molecule has 0 fully saturated rings. The van der Waals surface area contributed by atoms with E-state index in [4.69, 9.17) is 11.6 Å². The number of hydrogen-bond donors (Lipinski definition) is 2. The topological polar surface area (TPSA) is 58.2 Å². The quantitative estimate of drug-likeness (QED) is 0.814. The summed E-state index contributed by atoms with van der Waals surface area (Å²) in [7, 11) is -1.68. The first-order chi connectivity index (χ1) is 8.94. The van der Waals surface area contributed by atoms with Crippen molar-refractivity contribution in [2.45, 2.75) is 44.2 Å². The van der Waals surface area contributed by atoms with Crippen LogP contribution in [0.5, 0.6) is 0 Å².